The van der Waals surface area contributed by atoms with Crippen molar-refractivity contribution in [2.75, 3.05) is 18.1 Å². The van der Waals surface area contributed by atoms with Gasteiger partial charge in [-0.25, -0.2) is 0 Å². The third-order valence-electron chi connectivity index (χ3n) is 6.46. The number of nitrogens with zero attached hydrogens (tertiary/aromatic N) is 3. The molecule has 1 fully saturated rings. The first-order valence-electron chi connectivity index (χ1n) is 11.0. The Hall–Kier alpha value is -2.66. The Bertz CT molecular complexity index is 860. The van der Waals surface area contributed by atoms with Crippen molar-refractivity contribution in [1.82, 2.24) is 4.90 Å². The summed E-state index contributed by atoms with van der Waals surface area (Å²) in [6.07, 6.45) is 5.21. The fourth-order valence-corrected chi connectivity index (χ4v) is 4.58. The second kappa shape index (κ2) is 9.00. The van der Waals surface area contributed by atoms with Crippen LogP contribution in [0.25, 0.3) is 0 Å². The van der Waals surface area contributed by atoms with Gasteiger partial charge in [-0.15, -0.1) is 0 Å². The zero-order valence-corrected chi connectivity index (χ0v) is 17.7. The Kier molecular flexibility index (Phi) is 6.18. The standard InChI is InChI=1S/C25H31N3O2/c1-20(21-8-4-2-5-9-21)18-24(29)27-16-13-25(30,14-17-27)19-23-12-15-26-28(23)22-10-6-3-7-11-22/h2-11,15,20,23,30H,12-14,16-19H2,1H3/t20-,23?/m1/s1. The van der Waals surface area contributed by atoms with Gasteiger partial charge in [0.25, 0.3) is 0 Å². The van der Waals surface area contributed by atoms with E-state index in [0.717, 1.165) is 12.1 Å². The number of carbonyl (C=O) groups excluding carboxylic acids is 1. The molecule has 0 radical (unpaired) electrons. The maximum absolute atomic E-state index is 12.8. The van der Waals surface area contributed by atoms with Gasteiger partial charge in [0.15, 0.2) is 0 Å². The molecule has 2 aromatic rings. The second-order valence-electron chi connectivity index (χ2n) is 8.69. The van der Waals surface area contributed by atoms with Crippen LogP contribution in [0, 0.1) is 0 Å². The molecule has 5 nitrogen and oxygen atoms in total. The number of para-hydroxylation sites is 1. The highest BCUT2D eigenvalue weighted by molar-refractivity contribution is 5.77. The van der Waals surface area contributed by atoms with E-state index in [4.69, 9.17) is 0 Å². The first-order valence-corrected chi connectivity index (χ1v) is 11.0. The molecule has 4 rings (SSSR count). The number of aliphatic hydroxyl groups is 1. The van der Waals surface area contributed by atoms with E-state index < -0.39 is 5.60 Å². The molecule has 0 saturated carbocycles. The number of hydrazone groups is 1. The van der Waals surface area contributed by atoms with Crippen LogP contribution < -0.4 is 5.01 Å². The van der Waals surface area contributed by atoms with Crippen molar-refractivity contribution in [2.45, 2.75) is 56.6 Å². The fraction of sp³-hybridized carbons (Fsp3) is 0.440. The van der Waals surface area contributed by atoms with Crippen molar-refractivity contribution < 1.29 is 9.90 Å². The number of hydrogen-bond acceptors (Lipinski definition) is 4. The molecule has 2 aliphatic rings. The number of piperidine rings is 1. The van der Waals surface area contributed by atoms with E-state index in [1.807, 2.05) is 52.5 Å². The van der Waals surface area contributed by atoms with Crippen LogP contribution in [0.5, 0.6) is 0 Å². The van der Waals surface area contributed by atoms with Crippen LogP contribution in [0.1, 0.15) is 50.5 Å². The first kappa shape index (κ1) is 20.6. The zero-order chi connectivity index (χ0) is 21.0. The molecule has 2 aliphatic heterocycles. The van der Waals surface area contributed by atoms with Crippen LogP contribution in [0.2, 0.25) is 0 Å². The lowest BCUT2D eigenvalue weighted by Crippen LogP contribution is -2.49. The van der Waals surface area contributed by atoms with Crippen LogP contribution in [0.3, 0.4) is 0 Å². The van der Waals surface area contributed by atoms with Gasteiger partial charge < -0.3 is 10.0 Å². The molecule has 0 aromatic heterocycles. The molecule has 1 N–H and O–H groups in total. The Morgan fingerprint density at radius 1 is 1.10 bits per heavy atom. The van der Waals surface area contributed by atoms with Gasteiger partial charge in [-0.1, -0.05) is 55.5 Å². The number of carbonyl (C=O) groups is 1. The second-order valence-corrected chi connectivity index (χ2v) is 8.69. The summed E-state index contributed by atoms with van der Waals surface area (Å²) in [6.45, 7) is 3.34. The van der Waals surface area contributed by atoms with Gasteiger partial charge in [-0.2, -0.15) is 5.10 Å². The van der Waals surface area contributed by atoms with E-state index in [2.05, 4.69) is 36.3 Å². The smallest absolute Gasteiger partial charge is 0.223 e. The van der Waals surface area contributed by atoms with Gasteiger partial charge >= 0.3 is 0 Å². The van der Waals surface area contributed by atoms with Crippen molar-refractivity contribution in [2.24, 2.45) is 5.10 Å². The van der Waals surface area contributed by atoms with E-state index in [0.29, 0.717) is 38.8 Å². The predicted octanol–water partition coefficient (Wildman–Crippen LogP) is 4.19. The highest BCUT2D eigenvalue weighted by Gasteiger charge is 2.38. The molecule has 158 valence electrons. The molecule has 30 heavy (non-hydrogen) atoms. The van der Waals surface area contributed by atoms with Crippen LogP contribution >= 0.6 is 0 Å². The fourth-order valence-electron chi connectivity index (χ4n) is 4.58. The molecule has 0 bridgehead atoms. The summed E-state index contributed by atoms with van der Waals surface area (Å²) >= 11 is 0. The number of amides is 1. The minimum Gasteiger partial charge on any atom is -0.390 e. The summed E-state index contributed by atoms with van der Waals surface area (Å²) < 4.78 is 0. The van der Waals surface area contributed by atoms with Crippen LogP contribution in [-0.2, 0) is 4.79 Å². The minimum atomic E-state index is -0.743. The molecule has 0 spiro atoms. The predicted molar refractivity (Wildman–Crippen MR) is 121 cm³/mol. The largest absolute Gasteiger partial charge is 0.390 e. The maximum atomic E-state index is 12.8. The van der Waals surface area contributed by atoms with E-state index in [1.165, 1.54) is 5.56 Å². The first-order chi connectivity index (χ1) is 14.5. The monoisotopic (exact) mass is 405 g/mol. The van der Waals surface area contributed by atoms with Crippen LogP contribution in [-0.4, -0.2) is 46.9 Å². The van der Waals surface area contributed by atoms with E-state index >= 15 is 0 Å². The summed E-state index contributed by atoms with van der Waals surface area (Å²) in [5, 5.41) is 17.8. The molecule has 2 heterocycles. The van der Waals surface area contributed by atoms with Gasteiger partial charge in [-0.05, 0) is 42.9 Å². The third-order valence-corrected chi connectivity index (χ3v) is 6.46. The lowest BCUT2D eigenvalue weighted by molar-refractivity contribution is -0.136. The summed E-state index contributed by atoms with van der Waals surface area (Å²) in [4.78, 5) is 14.7. The molecule has 1 amide bonds. The number of hydrogen-bond donors (Lipinski definition) is 1. The van der Waals surface area contributed by atoms with Gasteiger partial charge in [0.1, 0.15) is 0 Å². The van der Waals surface area contributed by atoms with E-state index in [9.17, 15) is 9.90 Å². The molecular formula is C25H31N3O2. The Morgan fingerprint density at radius 3 is 2.40 bits per heavy atom. The number of anilines is 1. The normalized spacial score (nSPS) is 21.6. The van der Waals surface area contributed by atoms with E-state index in [1.54, 1.807) is 0 Å². The number of likely N-dealkylation sites (tertiary alicyclic amines) is 1. The maximum Gasteiger partial charge on any atom is 0.223 e. The average Bonchev–Trinajstić information content (AvgIpc) is 3.23. The highest BCUT2D eigenvalue weighted by atomic mass is 16.3. The quantitative estimate of drug-likeness (QED) is 0.784. The van der Waals surface area contributed by atoms with Crippen molar-refractivity contribution in [3.63, 3.8) is 0 Å². The Labute approximate surface area is 179 Å². The lowest BCUT2D eigenvalue weighted by atomic mass is 9.84. The molecule has 2 atom stereocenters. The summed E-state index contributed by atoms with van der Waals surface area (Å²) in [5.74, 6) is 0.387. The third kappa shape index (κ3) is 4.73. The van der Waals surface area contributed by atoms with Crippen LogP contribution in [0.4, 0.5) is 5.69 Å². The SMILES string of the molecule is C[C@H](CC(=O)N1CCC(O)(CC2CC=NN2c2ccccc2)CC1)c1ccccc1. The van der Waals surface area contributed by atoms with Gasteiger partial charge in [0.2, 0.25) is 5.91 Å². The highest BCUT2D eigenvalue weighted by Crippen LogP contribution is 2.33. The summed E-state index contributed by atoms with van der Waals surface area (Å²) in [7, 11) is 0. The molecule has 0 aliphatic carbocycles. The van der Waals surface area contributed by atoms with Crippen molar-refractivity contribution in [1.29, 1.82) is 0 Å². The molecule has 1 unspecified atom stereocenters. The molecular weight excluding hydrogens is 374 g/mol. The van der Waals surface area contributed by atoms with Crippen molar-refractivity contribution in [3.05, 3.63) is 66.2 Å². The Morgan fingerprint density at radius 2 is 1.73 bits per heavy atom. The topological polar surface area (TPSA) is 56.1 Å². The van der Waals surface area contributed by atoms with Gasteiger partial charge in [-0.3, -0.25) is 9.80 Å². The summed E-state index contributed by atoms with van der Waals surface area (Å²) in [6, 6.07) is 20.5. The molecule has 1 saturated heterocycles. The number of benzene rings is 2. The van der Waals surface area contributed by atoms with Crippen LogP contribution in [0.15, 0.2) is 65.8 Å². The molecule has 5 heteroatoms. The van der Waals surface area contributed by atoms with Gasteiger partial charge in [0, 0.05) is 32.1 Å². The average molecular weight is 406 g/mol. The van der Waals surface area contributed by atoms with Crippen molar-refractivity contribution >= 4 is 17.8 Å². The van der Waals surface area contributed by atoms with Gasteiger partial charge in [0.05, 0.1) is 17.3 Å². The van der Waals surface area contributed by atoms with E-state index in [-0.39, 0.29) is 17.9 Å². The number of rotatable bonds is 6. The lowest BCUT2D eigenvalue weighted by Gasteiger charge is -2.41. The van der Waals surface area contributed by atoms with Crippen molar-refractivity contribution in [3.8, 4) is 0 Å². The summed E-state index contributed by atoms with van der Waals surface area (Å²) in [5.41, 5.74) is 1.51. The molecule has 2 aromatic carbocycles. The minimum absolute atomic E-state index is 0.165. The zero-order valence-electron chi connectivity index (χ0n) is 17.7. The Balaban J connectivity index is 1.30.